The van der Waals surface area contributed by atoms with E-state index in [-0.39, 0.29) is 73.2 Å². The van der Waals surface area contributed by atoms with Crippen LogP contribution in [0.3, 0.4) is 0 Å². The van der Waals surface area contributed by atoms with E-state index in [0.29, 0.717) is 11.1 Å². The Kier molecular flexibility index (Phi) is 9.78. The quantitative estimate of drug-likeness (QED) is 0.205. The molecule has 13 nitrogen and oxygen atoms in total. The Balaban J connectivity index is 1.27. The number of piperazine rings is 1. The first-order valence-electron chi connectivity index (χ1n) is 14.7. The number of fused-ring (bicyclic) bond motifs is 1. The summed E-state index contributed by atoms with van der Waals surface area (Å²) in [6.45, 7) is 2.02. The van der Waals surface area contributed by atoms with Crippen LogP contribution in [0, 0.1) is 18.7 Å². The minimum Gasteiger partial charge on any atom is -0.481 e. The maximum absolute atomic E-state index is 14.4. The number of furan rings is 1. The van der Waals surface area contributed by atoms with Gasteiger partial charge in [-0.2, -0.15) is 0 Å². The minimum atomic E-state index is -1.48. The molecule has 1 fully saturated rings. The molecular formula is C33H31FN4O9. The van der Waals surface area contributed by atoms with Crippen LogP contribution in [0.4, 0.5) is 4.39 Å². The van der Waals surface area contributed by atoms with Gasteiger partial charge in [0.25, 0.3) is 11.8 Å². The van der Waals surface area contributed by atoms with Gasteiger partial charge >= 0.3 is 11.9 Å². The van der Waals surface area contributed by atoms with Crippen LogP contribution in [-0.2, 0) is 14.4 Å². The Morgan fingerprint density at radius 1 is 0.957 bits per heavy atom. The number of benzene rings is 2. The zero-order valence-electron chi connectivity index (χ0n) is 25.2. The molecular weight excluding hydrogens is 615 g/mol. The highest BCUT2D eigenvalue weighted by Crippen LogP contribution is 2.32. The van der Waals surface area contributed by atoms with Crippen LogP contribution in [0.2, 0.25) is 0 Å². The van der Waals surface area contributed by atoms with E-state index in [2.05, 4.69) is 10.3 Å². The average molecular weight is 647 g/mol. The third-order valence-corrected chi connectivity index (χ3v) is 7.76. The standard InChI is InChI=1S/C33H31FN4O9/c1-19-16-21(34)17-23-26(47-28(33(44)45)20-6-3-2-4-7-20)18-24(36-27(19)23)29(39)35-10-9-22(32(42)43)30(40)37-11-13-38(14-12-37)31(41)25-8-5-15-46-25/h2-8,15-18,22,28H,9-14H2,1H3,(H,35,39)(H,42,43)(H,44,45). The molecule has 4 aromatic rings. The van der Waals surface area contributed by atoms with Crippen LogP contribution in [0.5, 0.6) is 5.75 Å². The van der Waals surface area contributed by atoms with Gasteiger partial charge in [0, 0.05) is 49.7 Å². The molecule has 0 spiro atoms. The van der Waals surface area contributed by atoms with Gasteiger partial charge in [0.15, 0.2) is 5.76 Å². The fourth-order valence-corrected chi connectivity index (χ4v) is 5.34. The molecule has 3 heterocycles. The zero-order chi connectivity index (χ0) is 33.7. The predicted molar refractivity (Wildman–Crippen MR) is 163 cm³/mol. The smallest absolute Gasteiger partial charge is 0.349 e. The monoisotopic (exact) mass is 646 g/mol. The van der Waals surface area contributed by atoms with E-state index in [1.165, 1.54) is 34.3 Å². The summed E-state index contributed by atoms with van der Waals surface area (Å²) in [4.78, 5) is 70.3. The predicted octanol–water partition coefficient (Wildman–Crippen LogP) is 3.29. The van der Waals surface area contributed by atoms with Gasteiger partial charge in [-0.25, -0.2) is 14.2 Å². The van der Waals surface area contributed by atoms with E-state index in [9.17, 15) is 38.6 Å². The first-order valence-corrected chi connectivity index (χ1v) is 14.7. The maximum atomic E-state index is 14.4. The Morgan fingerprint density at radius 2 is 1.66 bits per heavy atom. The number of carbonyl (C=O) groups is 5. The molecule has 2 aromatic heterocycles. The number of aromatic nitrogens is 1. The lowest BCUT2D eigenvalue weighted by atomic mass is 10.0. The summed E-state index contributed by atoms with van der Waals surface area (Å²) in [7, 11) is 0. The van der Waals surface area contributed by atoms with Crippen molar-refractivity contribution in [3.8, 4) is 5.75 Å². The average Bonchev–Trinajstić information content (AvgIpc) is 3.60. The van der Waals surface area contributed by atoms with E-state index in [1.807, 2.05) is 0 Å². The molecule has 3 N–H and O–H groups in total. The van der Waals surface area contributed by atoms with Gasteiger partial charge in [0.1, 0.15) is 23.2 Å². The molecule has 0 radical (unpaired) electrons. The van der Waals surface area contributed by atoms with E-state index in [0.717, 1.165) is 6.07 Å². The van der Waals surface area contributed by atoms with E-state index in [1.54, 1.807) is 43.3 Å². The molecule has 0 saturated carbocycles. The van der Waals surface area contributed by atoms with Crippen LogP contribution < -0.4 is 10.1 Å². The normalized spacial score (nSPS) is 14.3. The first kappa shape index (κ1) is 32.6. The number of ether oxygens (including phenoxy) is 1. The number of aryl methyl sites for hydroxylation is 1. The molecule has 0 aliphatic carbocycles. The number of aliphatic carboxylic acids is 2. The van der Waals surface area contributed by atoms with Crippen molar-refractivity contribution in [1.82, 2.24) is 20.1 Å². The topological polar surface area (TPSA) is 180 Å². The largest absolute Gasteiger partial charge is 0.481 e. The van der Waals surface area contributed by atoms with Crippen molar-refractivity contribution < 1.29 is 47.7 Å². The lowest BCUT2D eigenvalue weighted by molar-refractivity contribution is -0.152. The van der Waals surface area contributed by atoms with Crippen LogP contribution in [-0.4, -0.2) is 87.4 Å². The van der Waals surface area contributed by atoms with Crippen LogP contribution >= 0.6 is 0 Å². The SMILES string of the molecule is Cc1cc(F)cc2c(OC(C(=O)O)c3ccccc3)cc(C(=O)NCCC(C(=O)O)C(=O)N3CCN(C(=O)c4ccco4)CC3)nc12. The molecule has 1 aliphatic rings. The summed E-state index contributed by atoms with van der Waals surface area (Å²) in [5.74, 6) is -6.38. The van der Waals surface area contributed by atoms with Crippen molar-refractivity contribution in [2.45, 2.75) is 19.4 Å². The second kappa shape index (κ2) is 14.1. The Morgan fingerprint density at radius 3 is 2.30 bits per heavy atom. The molecule has 1 aliphatic heterocycles. The van der Waals surface area contributed by atoms with Crippen LogP contribution in [0.1, 0.15) is 44.7 Å². The van der Waals surface area contributed by atoms with E-state index < -0.39 is 41.6 Å². The van der Waals surface area contributed by atoms with Gasteiger partial charge in [-0.05, 0) is 43.2 Å². The van der Waals surface area contributed by atoms with Gasteiger partial charge in [0.05, 0.1) is 11.8 Å². The molecule has 1 saturated heterocycles. The molecule has 2 aromatic carbocycles. The summed E-state index contributed by atoms with van der Waals surface area (Å²) >= 11 is 0. The minimum absolute atomic E-state index is 0.0951. The number of carbonyl (C=O) groups excluding carboxylic acids is 3. The summed E-state index contributed by atoms with van der Waals surface area (Å²) < 4.78 is 25.4. The molecule has 2 unspecified atom stereocenters. The number of amides is 3. The fraction of sp³-hybridized carbons (Fsp3) is 0.273. The molecule has 3 amide bonds. The molecule has 14 heteroatoms. The number of pyridine rings is 1. The zero-order valence-corrected chi connectivity index (χ0v) is 25.2. The molecule has 47 heavy (non-hydrogen) atoms. The van der Waals surface area contributed by atoms with Gasteiger partial charge in [-0.15, -0.1) is 0 Å². The highest BCUT2D eigenvalue weighted by Gasteiger charge is 2.34. The third kappa shape index (κ3) is 7.38. The third-order valence-electron chi connectivity index (χ3n) is 7.76. The second-order valence-electron chi connectivity index (χ2n) is 10.9. The number of carboxylic acids is 2. The first-order chi connectivity index (χ1) is 22.5. The van der Waals surface area contributed by atoms with Gasteiger partial charge in [0.2, 0.25) is 12.0 Å². The number of nitrogens with zero attached hydrogens (tertiary/aromatic N) is 3. The molecule has 244 valence electrons. The molecule has 0 bridgehead atoms. The highest BCUT2D eigenvalue weighted by molar-refractivity contribution is 5.99. The molecule has 5 rings (SSSR count). The molecule has 2 atom stereocenters. The lowest BCUT2D eigenvalue weighted by Gasteiger charge is -2.35. The van der Waals surface area contributed by atoms with Gasteiger partial charge in [-0.3, -0.25) is 19.2 Å². The lowest BCUT2D eigenvalue weighted by Crippen LogP contribution is -2.53. The van der Waals surface area contributed by atoms with E-state index >= 15 is 0 Å². The summed E-state index contributed by atoms with van der Waals surface area (Å²) in [6, 6.07) is 14.8. The summed E-state index contributed by atoms with van der Waals surface area (Å²) in [6.07, 6.45) is -0.329. The fourth-order valence-electron chi connectivity index (χ4n) is 5.34. The number of rotatable bonds is 11. The van der Waals surface area contributed by atoms with Crippen molar-refractivity contribution in [3.63, 3.8) is 0 Å². The van der Waals surface area contributed by atoms with Crippen molar-refractivity contribution in [1.29, 1.82) is 0 Å². The van der Waals surface area contributed by atoms with Crippen molar-refractivity contribution in [2.24, 2.45) is 5.92 Å². The number of hydrogen-bond donors (Lipinski definition) is 3. The maximum Gasteiger partial charge on any atom is 0.349 e. The summed E-state index contributed by atoms with van der Waals surface area (Å²) in [5.41, 5.74) is 0.706. The van der Waals surface area contributed by atoms with Crippen molar-refractivity contribution in [3.05, 3.63) is 95.3 Å². The van der Waals surface area contributed by atoms with Gasteiger partial charge in [-0.1, -0.05) is 30.3 Å². The summed E-state index contributed by atoms with van der Waals surface area (Å²) in [5, 5.41) is 22.4. The van der Waals surface area contributed by atoms with Gasteiger partial charge < -0.3 is 34.5 Å². The van der Waals surface area contributed by atoms with E-state index in [4.69, 9.17) is 9.15 Å². The number of halogens is 1. The van der Waals surface area contributed by atoms with Crippen molar-refractivity contribution in [2.75, 3.05) is 32.7 Å². The Hall–Kier alpha value is -5.79. The van der Waals surface area contributed by atoms with Crippen LogP contribution in [0.15, 0.2) is 71.3 Å². The number of carboxylic acid groups (broad SMARTS) is 2. The Bertz CT molecular complexity index is 1810. The van der Waals surface area contributed by atoms with Crippen LogP contribution in [0.25, 0.3) is 10.9 Å². The number of nitrogens with one attached hydrogen (secondary N) is 1. The second-order valence-corrected chi connectivity index (χ2v) is 10.9. The number of hydrogen-bond acceptors (Lipinski definition) is 8. The Labute approximate surface area is 267 Å². The highest BCUT2D eigenvalue weighted by atomic mass is 19.1. The van der Waals surface area contributed by atoms with Crippen molar-refractivity contribution >= 4 is 40.6 Å².